The monoisotopic (exact) mass is 553 g/mol. The minimum atomic E-state index is -0.924. The number of ketones is 1. The number of amides is 1. The Hall–Kier alpha value is -4.04. The maximum absolute atomic E-state index is 13.5. The standard InChI is InChI=1S/C30H29ClFNO6/c1-17(2)39-21-7-5-6-19(14-21)27-26(28(34)22-15-23(31)25(38-4)16-24(22)37-3)29(35)30(36)33(27)13-12-18-8-10-20(32)11-9-18/h5-11,14-17,27,34H,12-13H2,1-4H3/b28-26+. The molecule has 1 unspecified atom stereocenters. The maximum atomic E-state index is 13.5. The second-order valence-electron chi connectivity index (χ2n) is 9.30. The van der Waals surface area contributed by atoms with Crippen molar-refractivity contribution in [3.8, 4) is 17.2 Å². The fraction of sp³-hybridized carbons (Fsp3) is 0.267. The van der Waals surface area contributed by atoms with Gasteiger partial charge in [0.15, 0.2) is 0 Å². The van der Waals surface area contributed by atoms with Crippen LogP contribution in [0.5, 0.6) is 17.2 Å². The van der Waals surface area contributed by atoms with Crippen LogP contribution in [0.25, 0.3) is 5.76 Å². The number of benzene rings is 3. The number of Topliss-reactive ketones (excluding diaryl/α,β-unsaturated/α-hetero) is 1. The molecule has 4 rings (SSSR count). The van der Waals surface area contributed by atoms with Crippen LogP contribution in [0.1, 0.15) is 36.6 Å². The first-order chi connectivity index (χ1) is 18.6. The fourth-order valence-corrected chi connectivity index (χ4v) is 4.82. The minimum absolute atomic E-state index is 0.101. The molecule has 9 heteroatoms. The molecule has 0 aromatic heterocycles. The number of aliphatic hydroxyl groups is 1. The topological polar surface area (TPSA) is 85.3 Å². The Bertz CT molecular complexity index is 1420. The van der Waals surface area contributed by atoms with Crippen LogP contribution < -0.4 is 14.2 Å². The molecule has 39 heavy (non-hydrogen) atoms. The molecule has 0 bridgehead atoms. The molecule has 1 heterocycles. The number of carbonyl (C=O) groups is 2. The van der Waals surface area contributed by atoms with Crippen LogP contribution in [0.3, 0.4) is 0 Å². The first-order valence-electron chi connectivity index (χ1n) is 12.4. The highest BCUT2D eigenvalue weighted by Gasteiger charge is 2.46. The van der Waals surface area contributed by atoms with Gasteiger partial charge < -0.3 is 24.2 Å². The molecule has 1 fully saturated rings. The van der Waals surface area contributed by atoms with Gasteiger partial charge in [0.1, 0.15) is 28.8 Å². The van der Waals surface area contributed by atoms with E-state index in [1.54, 1.807) is 36.4 Å². The molecule has 7 nitrogen and oxygen atoms in total. The lowest BCUT2D eigenvalue weighted by molar-refractivity contribution is -0.139. The smallest absolute Gasteiger partial charge is 0.295 e. The van der Waals surface area contributed by atoms with Crippen molar-refractivity contribution in [2.45, 2.75) is 32.4 Å². The number of carbonyl (C=O) groups excluding carboxylic acids is 2. The van der Waals surface area contributed by atoms with E-state index in [4.69, 9.17) is 25.8 Å². The van der Waals surface area contributed by atoms with Gasteiger partial charge in [0.25, 0.3) is 11.7 Å². The van der Waals surface area contributed by atoms with Crippen LogP contribution >= 0.6 is 11.6 Å². The molecule has 1 aliphatic rings. The number of rotatable bonds is 9. The van der Waals surface area contributed by atoms with E-state index >= 15 is 0 Å². The van der Waals surface area contributed by atoms with Crippen LogP contribution in [0.4, 0.5) is 4.39 Å². The Balaban J connectivity index is 1.85. The Morgan fingerprint density at radius 1 is 1.03 bits per heavy atom. The van der Waals surface area contributed by atoms with Gasteiger partial charge in [-0.05, 0) is 61.7 Å². The second kappa shape index (κ2) is 11.8. The van der Waals surface area contributed by atoms with Crippen molar-refractivity contribution in [2.75, 3.05) is 20.8 Å². The normalized spacial score (nSPS) is 16.6. The van der Waals surface area contributed by atoms with Gasteiger partial charge in [-0.1, -0.05) is 35.9 Å². The van der Waals surface area contributed by atoms with Crippen molar-refractivity contribution in [2.24, 2.45) is 0 Å². The van der Waals surface area contributed by atoms with Crippen LogP contribution in [0, 0.1) is 5.82 Å². The van der Waals surface area contributed by atoms with Gasteiger partial charge in [-0.15, -0.1) is 0 Å². The van der Waals surface area contributed by atoms with Crippen LogP contribution in [0.15, 0.2) is 66.2 Å². The number of nitrogens with zero attached hydrogens (tertiary/aromatic N) is 1. The summed E-state index contributed by atoms with van der Waals surface area (Å²) in [7, 11) is 2.85. The summed E-state index contributed by atoms with van der Waals surface area (Å²) in [5, 5.41) is 11.7. The molecule has 3 aromatic carbocycles. The van der Waals surface area contributed by atoms with Gasteiger partial charge in [0, 0.05) is 12.6 Å². The van der Waals surface area contributed by atoms with E-state index < -0.39 is 23.5 Å². The van der Waals surface area contributed by atoms with E-state index in [1.165, 1.54) is 43.4 Å². The Morgan fingerprint density at radius 3 is 2.36 bits per heavy atom. The van der Waals surface area contributed by atoms with Crippen LogP contribution in [0.2, 0.25) is 5.02 Å². The maximum Gasteiger partial charge on any atom is 0.295 e. The molecule has 0 spiro atoms. The highest BCUT2D eigenvalue weighted by Crippen LogP contribution is 2.43. The molecule has 1 amide bonds. The van der Waals surface area contributed by atoms with Crippen molar-refractivity contribution in [3.63, 3.8) is 0 Å². The van der Waals surface area contributed by atoms with Gasteiger partial charge in [0.2, 0.25) is 0 Å². The number of ether oxygens (including phenoxy) is 3. The van der Waals surface area contributed by atoms with Gasteiger partial charge in [-0.25, -0.2) is 4.39 Å². The van der Waals surface area contributed by atoms with E-state index in [0.29, 0.717) is 23.5 Å². The largest absolute Gasteiger partial charge is 0.507 e. The first kappa shape index (κ1) is 28.0. The Kier molecular flexibility index (Phi) is 8.45. The summed E-state index contributed by atoms with van der Waals surface area (Å²) >= 11 is 6.33. The lowest BCUT2D eigenvalue weighted by Crippen LogP contribution is -2.31. The van der Waals surface area contributed by atoms with Gasteiger partial charge >= 0.3 is 0 Å². The van der Waals surface area contributed by atoms with Crippen molar-refractivity contribution >= 4 is 29.1 Å². The van der Waals surface area contributed by atoms with Gasteiger partial charge in [0.05, 0.1) is 42.5 Å². The summed E-state index contributed by atoms with van der Waals surface area (Å²) in [5.74, 6) is -1.33. The molecular formula is C30H29ClFNO6. The SMILES string of the molecule is COc1cc(OC)c(/C(O)=C2\C(=O)C(=O)N(CCc3ccc(F)cc3)C2c2cccc(OC(C)C)c2)cc1Cl. The number of likely N-dealkylation sites (tertiary alicyclic amines) is 1. The summed E-state index contributed by atoms with van der Waals surface area (Å²) in [6.45, 7) is 3.93. The second-order valence-corrected chi connectivity index (χ2v) is 9.70. The molecule has 1 saturated heterocycles. The molecular weight excluding hydrogens is 525 g/mol. The number of hydrogen-bond acceptors (Lipinski definition) is 6. The molecule has 0 saturated carbocycles. The molecule has 1 aliphatic heterocycles. The summed E-state index contributed by atoms with van der Waals surface area (Å²) in [5.41, 5.74) is 1.39. The zero-order chi connectivity index (χ0) is 28.3. The predicted octanol–water partition coefficient (Wildman–Crippen LogP) is 5.95. The quantitative estimate of drug-likeness (QED) is 0.200. The van der Waals surface area contributed by atoms with E-state index in [-0.39, 0.29) is 40.4 Å². The van der Waals surface area contributed by atoms with Crippen molar-refractivity contribution in [1.82, 2.24) is 4.90 Å². The third-order valence-corrected chi connectivity index (χ3v) is 6.66. The third kappa shape index (κ3) is 5.86. The van der Waals surface area contributed by atoms with Gasteiger partial charge in [-0.3, -0.25) is 9.59 Å². The fourth-order valence-electron chi connectivity index (χ4n) is 4.58. The van der Waals surface area contributed by atoms with E-state index in [1.807, 2.05) is 13.8 Å². The zero-order valence-corrected chi connectivity index (χ0v) is 22.8. The number of hydrogen-bond donors (Lipinski definition) is 1. The molecule has 0 aliphatic carbocycles. The molecule has 1 N–H and O–H groups in total. The van der Waals surface area contributed by atoms with E-state index in [9.17, 15) is 19.1 Å². The number of aliphatic hydroxyl groups excluding tert-OH is 1. The highest BCUT2D eigenvalue weighted by molar-refractivity contribution is 6.46. The lowest BCUT2D eigenvalue weighted by atomic mass is 9.94. The average molecular weight is 554 g/mol. The van der Waals surface area contributed by atoms with E-state index in [0.717, 1.165) is 5.56 Å². The van der Waals surface area contributed by atoms with E-state index in [2.05, 4.69) is 0 Å². The predicted molar refractivity (Wildman–Crippen MR) is 146 cm³/mol. The Morgan fingerprint density at radius 2 is 1.72 bits per heavy atom. The minimum Gasteiger partial charge on any atom is -0.507 e. The van der Waals surface area contributed by atoms with Crippen molar-refractivity contribution in [3.05, 3.63) is 93.8 Å². The third-order valence-electron chi connectivity index (χ3n) is 6.37. The molecule has 0 radical (unpaired) electrons. The summed E-state index contributed by atoms with van der Waals surface area (Å²) in [6, 6.07) is 15.0. The molecule has 204 valence electrons. The lowest BCUT2D eigenvalue weighted by Gasteiger charge is -2.26. The summed E-state index contributed by atoms with van der Waals surface area (Å²) < 4.78 is 29.9. The van der Waals surface area contributed by atoms with Crippen LogP contribution in [-0.2, 0) is 16.0 Å². The van der Waals surface area contributed by atoms with Crippen molar-refractivity contribution in [1.29, 1.82) is 0 Å². The molecule has 3 aromatic rings. The number of methoxy groups -OCH3 is 2. The van der Waals surface area contributed by atoms with Gasteiger partial charge in [-0.2, -0.15) is 0 Å². The highest BCUT2D eigenvalue weighted by atomic mass is 35.5. The zero-order valence-electron chi connectivity index (χ0n) is 22.0. The average Bonchev–Trinajstić information content (AvgIpc) is 3.17. The number of halogens is 2. The van der Waals surface area contributed by atoms with Crippen molar-refractivity contribution < 1.29 is 33.3 Å². The Labute approximate surface area is 231 Å². The summed E-state index contributed by atoms with van der Waals surface area (Å²) in [6.07, 6.45) is 0.264. The molecule has 1 atom stereocenters. The summed E-state index contributed by atoms with van der Waals surface area (Å²) in [4.78, 5) is 28.2. The first-order valence-corrected chi connectivity index (χ1v) is 12.7. The van der Waals surface area contributed by atoms with Crippen LogP contribution in [-0.4, -0.2) is 48.6 Å².